The molecule has 0 fully saturated rings. The van der Waals surface area contributed by atoms with E-state index < -0.39 is 18.2 Å². The number of para-hydroxylation sites is 1. The van der Waals surface area contributed by atoms with Crippen molar-refractivity contribution < 1.29 is 24.9 Å². The van der Waals surface area contributed by atoms with Gasteiger partial charge in [0.15, 0.2) is 0 Å². The van der Waals surface area contributed by atoms with Gasteiger partial charge in [-0.25, -0.2) is 0 Å². The number of hydrogen-bond donors (Lipinski definition) is 3. The highest BCUT2D eigenvalue weighted by molar-refractivity contribution is 5.67. The van der Waals surface area contributed by atoms with Crippen molar-refractivity contribution in [3.63, 3.8) is 0 Å². The van der Waals surface area contributed by atoms with Crippen molar-refractivity contribution in [1.29, 1.82) is 0 Å². The van der Waals surface area contributed by atoms with E-state index in [1.54, 1.807) is 0 Å². The molecule has 174 valence electrons. The van der Waals surface area contributed by atoms with Gasteiger partial charge in [-0.15, -0.1) is 0 Å². The predicted octanol–water partition coefficient (Wildman–Crippen LogP) is 4.74. The number of hydrogen-bond acceptors (Lipinski definition) is 4. The van der Waals surface area contributed by atoms with Gasteiger partial charge in [0.05, 0.1) is 18.8 Å². The van der Waals surface area contributed by atoms with E-state index in [4.69, 9.17) is 9.84 Å². The topological polar surface area (TPSA) is 87.0 Å². The Morgan fingerprint density at radius 2 is 1.55 bits per heavy atom. The largest absolute Gasteiger partial charge is 0.493 e. The van der Waals surface area contributed by atoms with Gasteiger partial charge in [-0.05, 0) is 47.6 Å². The second-order valence-corrected chi connectivity index (χ2v) is 8.28. The maximum absolute atomic E-state index is 10.8. The standard InChI is InChI=1S/C28H32O5/c29-25(17-18-33-27-12-5-4-10-23(27)14-16-28(31)32)15-13-22-9-6-11-24(19-22)26(30)20-21-7-2-1-3-8-21/h1-12,19,25-26,29-30H,13-18,20H2,(H,31,32). The quantitative estimate of drug-likeness (QED) is 0.352. The Labute approximate surface area is 195 Å². The van der Waals surface area contributed by atoms with Gasteiger partial charge >= 0.3 is 5.97 Å². The summed E-state index contributed by atoms with van der Waals surface area (Å²) < 4.78 is 5.81. The molecule has 3 rings (SSSR count). The molecular weight excluding hydrogens is 416 g/mol. The van der Waals surface area contributed by atoms with E-state index in [0.717, 1.165) is 22.3 Å². The van der Waals surface area contributed by atoms with Crippen molar-refractivity contribution in [2.45, 2.75) is 50.7 Å². The maximum atomic E-state index is 10.8. The molecule has 0 aromatic heterocycles. The molecule has 3 aromatic rings. The molecule has 0 heterocycles. The third-order valence-electron chi connectivity index (χ3n) is 5.66. The Hall–Kier alpha value is -3.15. The van der Waals surface area contributed by atoms with Crippen LogP contribution >= 0.6 is 0 Å². The summed E-state index contributed by atoms with van der Waals surface area (Å²) in [4.78, 5) is 10.8. The Balaban J connectivity index is 1.44. The summed E-state index contributed by atoms with van der Waals surface area (Å²) in [6.45, 7) is 0.362. The zero-order valence-electron chi connectivity index (χ0n) is 18.8. The Morgan fingerprint density at radius 3 is 2.33 bits per heavy atom. The summed E-state index contributed by atoms with van der Waals surface area (Å²) in [6, 6.07) is 25.2. The van der Waals surface area contributed by atoms with Crippen molar-refractivity contribution >= 4 is 5.97 Å². The van der Waals surface area contributed by atoms with Gasteiger partial charge in [0.25, 0.3) is 0 Å². The van der Waals surface area contributed by atoms with Crippen LogP contribution in [0.25, 0.3) is 0 Å². The van der Waals surface area contributed by atoms with Crippen molar-refractivity contribution in [2.24, 2.45) is 0 Å². The van der Waals surface area contributed by atoms with E-state index in [9.17, 15) is 15.0 Å². The van der Waals surface area contributed by atoms with Gasteiger partial charge in [0.2, 0.25) is 0 Å². The number of carbonyl (C=O) groups is 1. The van der Waals surface area contributed by atoms with Crippen LogP contribution in [0.4, 0.5) is 0 Å². The Morgan fingerprint density at radius 1 is 0.818 bits per heavy atom. The van der Waals surface area contributed by atoms with Crippen LogP contribution in [0.3, 0.4) is 0 Å². The zero-order chi connectivity index (χ0) is 23.5. The third kappa shape index (κ3) is 8.37. The van der Waals surface area contributed by atoms with Crippen molar-refractivity contribution in [3.05, 3.63) is 101 Å². The fourth-order valence-electron chi connectivity index (χ4n) is 3.79. The molecule has 2 atom stereocenters. The fraction of sp³-hybridized carbons (Fsp3) is 0.321. The molecule has 0 amide bonds. The van der Waals surface area contributed by atoms with Crippen LogP contribution in [0, 0.1) is 0 Å². The van der Waals surface area contributed by atoms with Gasteiger partial charge in [-0.3, -0.25) is 4.79 Å². The molecule has 0 bridgehead atoms. The normalized spacial score (nSPS) is 12.8. The highest BCUT2D eigenvalue weighted by atomic mass is 16.5. The first-order valence-corrected chi connectivity index (χ1v) is 11.4. The highest BCUT2D eigenvalue weighted by Gasteiger charge is 2.11. The zero-order valence-corrected chi connectivity index (χ0v) is 18.8. The van der Waals surface area contributed by atoms with Gasteiger partial charge in [0.1, 0.15) is 5.75 Å². The SMILES string of the molecule is O=C(O)CCc1ccccc1OCCC(O)CCc1cccc(C(O)Cc2ccccc2)c1. The first-order chi connectivity index (χ1) is 16.0. The van der Waals surface area contributed by atoms with Crippen LogP contribution in [0.2, 0.25) is 0 Å². The van der Waals surface area contributed by atoms with E-state index in [1.807, 2.05) is 78.9 Å². The Kier molecular flexibility index (Phi) is 9.48. The van der Waals surface area contributed by atoms with Crippen LogP contribution in [-0.4, -0.2) is 34.0 Å². The highest BCUT2D eigenvalue weighted by Crippen LogP contribution is 2.22. The molecule has 0 radical (unpaired) electrons. The summed E-state index contributed by atoms with van der Waals surface area (Å²) in [5.41, 5.74) is 3.92. The number of aliphatic hydroxyl groups excluding tert-OH is 2. The molecule has 0 saturated heterocycles. The summed E-state index contributed by atoms with van der Waals surface area (Å²) in [6.07, 6.45) is 1.77. The van der Waals surface area contributed by atoms with Gasteiger partial charge in [-0.1, -0.05) is 72.8 Å². The van der Waals surface area contributed by atoms with Crippen LogP contribution < -0.4 is 4.74 Å². The second kappa shape index (κ2) is 12.8. The maximum Gasteiger partial charge on any atom is 0.303 e. The summed E-state index contributed by atoms with van der Waals surface area (Å²) in [5.74, 6) is -0.164. The number of rotatable bonds is 13. The lowest BCUT2D eigenvalue weighted by Crippen LogP contribution is -2.13. The average Bonchev–Trinajstić information content (AvgIpc) is 2.83. The molecule has 0 spiro atoms. The van der Waals surface area contributed by atoms with Gasteiger partial charge in [0, 0.05) is 19.3 Å². The van der Waals surface area contributed by atoms with Crippen molar-refractivity contribution in [1.82, 2.24) is 0 Å². The van der Waals surface area contributed by atoms with Crippen LogP contribution in [-0.2, 0) is 24.1 Å². The van der Waals surface area contributed by atoms with E-state index in [1.165, 1.54) is 0 Å². The lowest BCUT2D eigenvalue weighted by molar-refractivity contribution is -0.136. The van der Waals surface area contributed by atoms with Crippen molar-refractivity contribution in [3.8, 4) is 5.75 Å². The number of carboxylic acid groups (broad SMARTS) is 1. The predicted molar refractivity (Wildman–Crippen MR) is 128 cm³/mol. The van der Waals surface area contributed by atoms with Crippen LogP contribution in [0.1, 0.15) is 47.6 Å². The lowest BCUT2D eigenvalue weighted by atomic mass is 9.97. The van der Waals surface area contributed by atoms with E-state index in [0.29, 0.717) is 44.5 Å². The average molecular weight is 449 g/mol. The minimum atomic E-state index is -0.836. The molecule has 0 aliphatic heterocycles. The van der Waals surface area contributed by atoms with Gasteiger partial charge in [-0.2, -0.15) is 0 Å². The molecule has 3 N–H and O–H groups in total. The van der Waals surface area contributed by atoms with Gasteiger partial charge < -0.3 is 20.1 Å². The Bertz CT molecular complexity index is 1000. The molecule has 0 saturated carbocycles. The molecule has 3 aromatic carbocycles. The minimum Gasteiger partial charge on any atom is -0.493 e. The van der Waals surface area contributed by atoms with Crippen molar-refractivity contribution in [2.75, 3.05) is 6.61 Å². The number of aliphatic hydroxyl groups is 2. The summed E-state index contributed by atoms with van der Waals surface area (Å²) >= 11 is 0. The van der Waals surface area contributed by atoms with E-state index >= 15 is 0 Å². The number of benzene rings is 3. The van der Waals surface area contributed by atoms with E-state index in [-0.39, 0.29) is 6.42 Å². The molecule has 2 unspecified atom stereocenters. The van der Waals surface area contributed by atoms with Crippen LogP contribution in [0.5, 0.6) is 5.75 Å². The smallest absolute Gasteiger partial charge is 0.303 e. The first kappa shape index (κ1) is 24.5. The van der Waals surface area contributed by atoms with E-state index in [2.05, 4.69) is 0 Å². The lowest BCUT2D eigenvalue weighted by Gasteiger charge is -2.15. The molecule has 0 aliphatic rings. The number of aryl methyl sites for hydroxylation is 2. The molecule has 0 aliphatic carbocycles. The summed E-state index contributed by atoms with van der Waals surface area (Å²) in [7, 11) is 0. The monoisotopic (exact) mass is 448 g/mol. The second-order valence-electron chi connectivity index (χ2n) is 8.28. The minimum absolute atomic E-state index is 0.0576. The molecule has 5 heteroatoms. The molecule has 5 nitrogen and oxygen atoms in total. The molecular formula is C28H32O5. The fourth-order valence-corrected chi connectivity index (χ4v) is 3.79. The summed E-state index contributed by atoms with van der Waals surface area (Å²) in [5, 5.41) is 29.9. The van der Waals surface area contributed by atoms with Crippen LogP contribution in [0.15, 0.2) is 78.9 Å². The molecule has 33 heavy (non-hydrogen) atoms. The number of carboxylic acids is 1. The first-order valence-electron chi connectivity index (χ1n) is 11.4. The third-order valence-corrected chi connectivity index (χ3v) is 5.66. The number of aliphatic carboxylic acids is 1. The number of ether oxygens (including phenoxy) is 1.